The number of esters is 1. The lowest BCUT2D eigenvalue weighted by Gasteiger charge is -2.10. The third-order valence-corrected chi connectivity index (χ3v) is 6.30. The molecule has 4 rings (SSSR count). The summed E-state index contributed by atoms with van der Waals surface area (Å²) in [7, 11) is 0. The van der Waals surface area contributed by atoms with Crippen LogP contribution in [0.2, 0.25) is 0 Å². The first-order valence-corrected chi connectivity index (χ1v) is 11.2. The number of aromatic nitrogens is 2. The normalized spacial score (nSPS) is 10.7. The molecule has 0 saturated heterocycles. The molecule has 0 radical (unpaired) electrons. The first-order valence-electron chi connectivity index (χ1n) is 9.41. The average Bonchev–Trinajstić information content (AvgIpc) is 3.36. The standard InChI is InChI=1S/C22H17N3O4S2/c1-3-27-19-10-14(11-23)8-9-18(19)29-21(26)20-16(12-30-22-25-24-13(2)31-22)15-6-4-5-7-17(15)28-20/h4-10H,3,12H2,1-2H3. The van der Waals surface area contributed by atoms with Crippen molar-refractivity contribution in [3.05, 3.63) is 64.4 Å². The van der Waals surface area contributed by atoms with Crippen LogP contribution in [0, 0.1) is 18.3 Å². The first kappa shape index (κ1) is 20.9. The number of para-hydroxylation sites is 1. The molecule has 0 atom stereocenters. The first-order chi connectivity index (χ1) is 15.1. The number of carbonyl (C=O) groups excluding carboxylic acids is 1. The summed E-state index contributed by atoms with van der Waals surface area (Å²) in [4.78, 5) is 13.1. The molecule has 31 heavy (non-hydrogen) atoms. The van der Waals surface area contributed by atoms with Gasteiger partial charge >= 0.3 is 5.97 Å². The highest BCUT2D eigenvalue weighted by atomic mass is 32.2. The Labute approximate surface area is 186 Å². The van der Waals surface area contributed by atoms with E-state index in [9.17, 15) is 4.79 Å². The molecule has 0 saturated carbocycles. The zero-order valence-corrected chi connectivity index (χ0v) is 18.4. The Kier molecular flexibility index (Phi) is 6.21. The van der Waals surface area contributed by atoms with Crippen molar-refractivity contribution in [2.24, 2.45) is 0 Å². The average molecular weight is 452 g/mol. The van der Waals surface area contributed by atoms with Gasteiger partial charge in [0.05, 0.1) is 18.2 Å². The molecule has 0 spiro atoms. The van der Waals surface area contributed by atoms with Gasteiger partial charge in [0.1, 0.15) is 10.6 Å². The summed E-state index contributed by atoms with van der Waals surface area (Å²) in [5.41, 5.74) is 1.74. The van der Waals surface area contributed by atoms with Crippen LogP contribution in [0.5, 0.6) is 11.5 Å². The van der Waals surface area contributed by atoms with Crippen molar-refractivity contribution in [3.8, 4) is 17.6 Å². The lowest BCUT2D eigenvalue weighted by molar-refractivity contribution is 0.0696. The highest BCUT2D eigenvalue weighted by Gasteiger charge is 2.24. The fraction of sp³-hybridized carbons (Fsp3) is 0.182. The fourth-order valence-corrected chi connectivity index (χ4v) is 4.80. The van der Waals surface area contributed by atoms with Crippen molar-refractivity contribution in [3.63, 3.8) is 0 Å². The fourth-order valence-electron chi connectivity index (χ4n) is 2.95. The SMILES string of the molecule is CCOc1cc(C#N)ccc1OC(=O)c1oc2ccccc2c1CSc1nnc(C)s1. The molecule has 0 fully saturated rings. The molecule has 9 heteroatoms. The molecule has 156 valence electrons. The highest BCUT2D eigenvalue weighted by molar-refractivity contribution is 8.00. The van der Waals surface area contributed by atoms with E-state index in [1.54, 1.807) is 18.2 Å². The summed E-state index contributed by atoms with van der Waals surface area (Å²) in [5, 5.41) is 19.0. The van der Waals surface area contributed by atoms with Gasteiger partial charge in [0.15, 0.2) is 15.8 Å². The number of hydrogen-bond acceptors (Lipinski definition) is 9. The Morgan fingerprint density at radius 2 is 2.06 bits per heavy atom. The van der Waals surface area contributed by atoms with Crippen LogP contribution in [-0.4, -0.2) is 22.8 Å². The number of thioether (sulfide) groups is 1. The summed E-state index contributed by atoms with van der Waals surface area (Å²) in [6.45, 7) is 4.08. The van der Waals surface area contributed by atoms with E-state index in [1.807, 2.05) is 44.2 Å². The lowest BCUT2D eigenvalue weighted by Crippen LogP contribution is -2.11. The molecule has 0 unspecified atom stereocenters. The number of rotatable bonds is 7. The minimum Gasteiger partial charge on any atom is -0.490 e. The number of nitrogens with zero attached hydrogens (tertiary/aromatic N) is 3. The largest absolute Gasteiger partial charge is 0.490 e. The predicted octanol–water partition coefficient (Wildman–Crippen LogP) is 5.37. The van der Waals surface area contributed by atoms with Crippen molar-refractivity contribution in [1.29, 1.82) is 5.26 Å². The number of aryl methyl sites for hydroxylation is 1. The Bertz CT molecular complexity index is 1290. The maximum absolute atomic E-state index is 13.1. The van der Waals surface area contributed by atoms with Gasteiger partial charge in [-0.25, -0.2) is 4.79 Å². The molecular weight excluding hydrogens is 434 g/mol. The Morgan fingerprint density at radius 1 is 1.23 bits per heavy atom. The molecule has 0 bridgehead atoms. The molecule has 0 aliphatic heterocycles. The number of furan rings is 1. The highest BCUT2D eigenvalue weighted by Crippen LogP contribution is 2.35. The van der Waals surface area contributed by atoms with Crippen LogP contribution in [0.1, 0.15) is 33.6 Å². The van der Waals surface area contributed by atoms with Crippen LogP contribution in [-0.2, 0) is 5.75 Å². The van der Waals surface area contributed by atoms with E-state index >= 15 is 0 Å². The van der Waals surface area contributed by atoms with Crippen molar-refractivity contribution < 1.29 is 18.7 Å². The van der Waals surface area contributed by atoms with Crippen molar-refractivity contribution in [1.82, 2.24) is 10.2 Å². The second kappa shape index (κ2) is 9.20. The number of hydrogen-bond donors (Lipinski definition) is 0. The van der Waals surface area contributed by atoms with E-state index in [2.05, 4.69) is 10.2 Å². The molecule has 2 heterocycles. The van der Waals surface area contributed by atoms with Gasteiger partial charge in [0.2, 0.25) is 5.76 Å². The van der Waals surface area contributed by atoms with E-state index < -0.39 is 5.97 Å². The minimum absolute atomic E-state index is 0.127. The lowest BCUT2D eigenvalue weighted by atomic mass is 10.1. The second-order valence-corrected chi connectivity index (χ2v) is 8.78. The van der Waals surface area contributed by atoms with Crippen LogP contribution in [0.15, 0.2) is 51.2 Å². The molecule has 0 N–H and O–H groups in total. The van der Waals surface area contributed by atoms with Crippen LogP contribution in [0.25, 0.3) is 11.0 Å². The molecule has 2 aromatic carbocycles. The smallest absolute Gasteiger partial charge is 0.380 e. The molecule has 0 aliphatic carbocycles. The summed E-state index contributed by atoms with van der Waals surface area (Å²) >= 11 is 2.98. The van der Waals surface area contributed by atoms with Gasteiger partial charge < -0.3 is 13.9 Å². The van der Waals surface area contributed by atoms with Crippen molar-refractivity contribution in [2.75, 3.05) is 6.61 Å². The number of fused-ring (bicyclic) bond motifs is 1. The Morgan fingerprint density at radius 3 is 2.81 bits per heavy atom. The van der Waals surface area contributed by atoms with Gasteiger partial charge in [-0.3, -0.25) is 0 Å². The monoisotopic (exact) mass is 451 g/mol. The van der Waals surface area contributed by atoms with Crippen LogP contribution in [0.4, 0.5) is 0 Å². The van der Waals surface area contributed by atoms with Crippen molar-refractivity contribution >= 4 is 40.0 Å². The van der Waals surface area contributed by atoms with Crippen LogP contribution in [0.3, 0.4) is 0 Å². The van der Waals surface area contributed by atoms with E-state index in [1.165, 1.54) is 23.1 Å². The molecule has 4 aromatic rings. The van der Waals surface area contributed by atoms with Gasteiger partial charge in [-0.05, 0) is 32.0 Å². The van der Waals surface area contributed by atoms with Crippen LogP contribution < -0.4 is 9.47 Å². The summed E-state index contributed by atoms with van der Waals surface area (Å²) in [6.07, 6.45) is 0. The molecular formula is C22H17N3O4S2. The van der Waals surface area contributed by atoms with Gasteiger partial charge in [0, 0.05) is 22.8 Å². The minimum atomic E-state index is -0.633. The third kappa shape index (κ3) is 4.55. The molecule has 2 aromatic heterocycles. The zero-order valence-electron chi connectivity index (χ0n) is 16.7. The van der Waals surface area contributed by atoms with Crippen LogP contribution >= 0.6 is 23.1 Å². The quantitative estimate of drug-likeness (QED) is 0.210. The van der Waals surface area contributed by atoms with Gasteiger partial charge in [-0.15, -0.1) is 10.2 Å². The van der Waals surface area contributed by atoms with Crippen molar-refractivity contribution in [2.45, 2.75) is 23.9 Å². The van der Waals surface area contributed by atoms with E-state index in [0.717, 1.165) is 20.3 Å². The predicted molar refractivity (Wildman–Crippen MR) is 118 cm³/mol. The second-order valence-electron chi connectivity index (χ2n) is 6.38. The number of nitriles is 1. The summed E-state index contributed by atoms with van der Waals surface area (Å²) < 4.78 is 17.8. The summed E-state index contributed by atoms with van der Waals surface area (Å²) in [5.74, 6) is 0.519. The third-order valence-electron chi connectivity index (χ3n) is 4.31. The maximum atomic E-state index is 13.1. The van der Waals surface area contributed by atoms with E-state index in [0.29, 0.717) is 29.3 Å². The molecule has 0 amide bonds. The Hall–Kier alpha value is -3.35. The van der Waals surface area contributed by atoms with E-state index in [4.69, 9.17) is 19.2 Å². The zero-order chi connectivity index (χ0) is 21.8. The van der Waals surface area contributed by atoms with Gasteiger partial charge in [0.25, 0.3) is 0 Å². The maximum Gasteiger partial charge on any atom is 0.380 e. The number of benzene rings is 2. The number of carbonyl (C=O) groups is 1. The molecule has 0 aliphatic rings. The Balaban J connectivity index is 1.65. The molecule has 7 nitrogen and oxygen atoms in total. The number of ether oxygens (including phenoxy) is 2. The van der Waals surface area contributed by atoms with Gasteiger partial charge in [-0.1, -0.05) is 41.3 Å². The summed E-state index contributed by atoms with van der Waals surface area (Å²) in [6, 6.07) is 14.2. The van der Waals surface area contributed by atoms with Gasteiger partial charge in [-0.2, -0.15) is 5.26 Å². The van der Waals surface area contributed by atoms with E-state index in [-0.39, 0.29) is 11.5 Å². The topological polar surface area (TPSA) is 98.2 Å².